The zero-order valence-corrected chi connectivity index (χ0v) is 19.2. The van der Waals surface area contributed by atoms with Crippen molar-refractivity contribution in [2.75, 3.05) is 0 Å². The molecule has 0 aromatic heterocycles. The van der Waals surface area contributed by atoms with Gasteiger partial charge in [-0.2, -0.15) is 0 Å². The Morgan fingerprint density at radius 3 is 2.13 bits per heavy atom. The Balaban J connectivity index is 1.82. The van der Waals surface area contributed by atoms with Crippen molar-refractivity contribution in [1.29, 1.82) is 0 Å². The molecule has 4 aliphatic carbocycles. The molecule has 30 heavy (non-hydrogen) atoms. The van der Waals surface area contributed by atoms with Gasteiger partial charge in [0.15, 0.2) is 0 Å². The van der Waals surface area contributed by atoms with Gasteiger partial charge in [-0.25, -0.2) is 0 Å². The first-order valence-electron chi connectivity index (χ1n) is 11.5. The van der Waals surface area contributed by atoms with Gasteiger partial charge >= 0.3 is 11.9 Å². The number of carbonyl (C=O) groups excluding carboxylic acids is 2. The number of ether oxygens (including phenoxy) is 2. The van der Waals surface area contributed by atoms with Crippen molar-refractivity contribution in [3.8, 4) is 0 Å². The molecule has 0 amide bonds. The van der Waals surface area contributed by atoms with E-state index < -0.39 is 35.1 Å². The summed E-state index contributed by atoms with van der Waals surface area (Å²) in [5.41, 5.74) is -1.35. The Kier molecular flexibility index (Phi) is 4.91. The molecule has 6 nitrogen and oxygen atoms in total. The second-order valence-electron chi connectivity index (χ2n) is 11.8. The van der Waals surface area contributed by atoms with E-state index in [0.29, 0.717) is 18.8 Å². The Morgan fingerprint density at radius 2 is 1.53 bits per heavy atom. The summed E-state index contributed by atoms with van der Waals surface area (Å²) < 4.78 is 11.5. The van der Waals surface area contributed by atoms with Crippen LogP contribution in [-0.2, 0) is 19.1 Å². The predicted octanol–water partition coefficient (Wildman–Crippen LogP) is 3.22. The topological polar surface area (TPSA) is 93.1 Å². The molecule has 2 unspecified atom stereocenters. The lowest BCUT2D eigenvalue weighted by molar-refractivity contribution is -0.235. The molecule has 0 heterocycles. The fourth-order valence-corrected chi connectivity index (χ4v) is 8.63. The number of carbonyl (C=O) groups is 2. The zero-order valence-electron chi connectivity index (χ0n) is 19.2. The van der Waals surface area contributed by atoms with E-state index in [1.54, 1.807) is 0 Å². The summed E-state index contributed by atoms with van der Waals surface area (Å²) >= 11 is 0. The average Bonchev–Trinajstić information content (AvgIpc) is 2.79. The van der Waals surface area contributed by atoms with E-state index in [4.69, 9.17) is 9.47 Å². The average molecular weight is 423 g/mol. The van der Waals surface area contributed by atoms with Gasteiger partial charge < -0.3 is 19.7 Å². The maximum absolute atomic E-state index is 12.0. The number of aliphatic hydroxyl groups excluding tert-OH is 2. The van der Waals surface area contributed by atoms with Gasteiger partial charge in [0.2, 0.25) is 0 Å². The summed E-state index contributed by atoms with van der Waals surface area (Å²) in [4.78, 5) is 23.8. The molecule has 4 saturated carbocycles. The van der Waals surface area contributed by atoms with Crippen LogP contribution in [0.3, 0.4) is 0 Å². The highest BCUT2D eigenvalue weighted by Gasteiger charge is 2.75. The Hall–Kier alpha value is -1.14. The van der Waals surface area contributed by atoms with Crippen LogP contribution in [0, 0.1) is 33.5 Å². The van der Waals surface area contributed by atoms with Gasteiger partial charge in [-0.05, 0) is 55.8 Å². The molecule has 4 aliphatic rings. The number of aliphatic hydroxyl groups is 2. The molecule has 2 N–H and O–H groups in total. The highest BCUT2D eigenvalue weighted by atomic mass is 16.6. The maximum atomic E-state index is 12.0. The lowest BCUT2D eigenvalue weighted by atomic mass is 9.39. The maximum Gasteiger partial charge on any atom is 0.303 e. The van der Waals surface area contributed by atoms with E-state index in [0.717, 1.165) is 25.7 Å². The molecule has 0 saturated heterocycles. The number of hydrogen-bond acceptors (Lipinski definition) is 6. The van der Waals surface area contributed by atoms with Crippen LogP contribution in [0.5, 0.6) is 0 Å². The lowest BCUT2D eigenvalue weighted by Crippen LogP contribution is -2.65. The van der Waals surface area contributed by atoms with Gasteiger partial charge in [0.05, 0.1) is 12.2 Å². The normalized spacial score (nSPS) is 51.5. The van der Waals surface area contributed by atoms with E-state index in [1.165, 1.54) is 13.8 Å². The van der Waals surface area contributed by atoms with Crippen molar-refractivity contribution in [2.45, 2.75) is 104 Å². The highest BCUT2D eigenvalue weighted by molar-refractivity contribution is 5.66. The van der Waals surface area contributed by atoms with Crippen LogP contribution < -0.4 is 0 Å². The number of esters is 2. The molecule has 0 aromatic rings. The fraction of sp³-hybridized carbons (Fsp3) is 0.917. The fourth-order valence-electron chi connectivity index (χ4n) is 8.63. The Morgan fingerprint density at radius 1 is 0.900 bits per heavy atom. The SMILES string of the molecule is CC(=O)O[C@H]1CCC(C)(C)C2CC[C@@]34C[C@@](C)([C@H](OC(C)=O)[C@H]3O)[C@@H](O)CC4[C@@]21C. The molecule has 2 bridgehead atoms. The molecule has 6 heteroatoms. The molecule has 0 aliphatic heterocycles. The van der Waals surface area contributed by atoms with E-state index in [2.05, 4.69) is 20.8 Å². The molecule has 1 spiro atoms. The van der Waals surface area contributed by atoms with Crippen LogP contribution in [0.1, 0.15) is 80.1 Å². The van der Waals surface area contributed by atoms with Gasteiger partial charge in [-0.15, -0.1) is 0 Å². The summed E-state index contributed by atoms with van der Waals surface area (Å²) in [7, 11) is 0. The molecule has 9 atom stereocenters. The van der Waals surface area contributed by atoms with Crippen LogP contribution >= 0.6 is 0 Å². The van der Waals surface area contributed by atoms with Gasteiger partial charge in [0.1, 0.15) is 12.2 Å². The molecule has 170 valence electrons. The van der Waals surface area contributed by atoms with E-state index in [-0.39, 0.29) is 28.8 Å². The van der Waals surface area contributed by atoms with Crippen molar-refractivity contribution in [1.82, 2.24) is 0 Å². The Labute approximate surface area is 179 Å². The van der Waals surface area contributed by atoms with Crippen molar-refractivity contribution < 1.29 is 29.3 Å². The largest absolute Gasteiger partial charge is 0.462 e. The summed E-state index contributed by atoms with van der Waals surface area (Å²) in [6, 6.07) is 0. The summed E-state index contributed by atoms with van der Waals surface area (Å²) in [5, 5.41) is 22.9. The monoisotopic (exact) mass is 422 g/mol. The van der Waals surface area contributed by atoms with Crippen molar-refractivity contribution in [3.05, 3.63) is 0 Å². The second kappa shape index (κ2) is 6.68. The molecule has 0 aromatic carbocycles. The number of rotatable bonds is 2. The molecular weight excluding hydrogens is 384 g/mol. The van der Waals surface area contributed by atoms with Gasteiger partial charge in [-0.1, -0.05) is 27.7 Å². The first-order chi connectivity index (χ1) is 13.8. The minimum Gasteiger partial charge on any atom is -0.462 e. The third-order valence-corrected chi connectivity index (χ3v) is 9.84. The standard InChI is InChI=1S/C24H38O6/c1-13(25)29-18-8-9-21(3,4)15-7-10-24-12-22(5,20(19(24)28)30-14(2)26)17(27)11-16(24)23(15,18)6/h15-20,27-28H,7-12H2,1-6H3/t15?,16?,17-,18-,19+,20+,22+,23+,24-/m0/s1. The van der Waals surface area contributed by atoms with Crippen LogP contribution in [0.4, 0.5) is 0 Å². The zero-order chi connectivity index (χ0) is 22.3. The number of hydrogen-bond donors (Lipinski definition) is 2. The lowest BCUT2D eigenvalue weighted by Gasteiger charge is -2.66. The summed E-state index contributed by atoms with van der Waals surface area (Å²) in [6.07, 6.45) is 2.28. The van der Waals surface area contributed by atoms with E-state index in [9.17, 15) is 19.8 Å². The molecular formula is C24H38O6. The van der Waals surface area contributed by atoms with Gasteiger partial charge in [-0.3, -0.25) is 9.59 Å². The molecule has 0 radical (unpaired) electrons. The van der Waals surface area contributed by atoms with Crippen LogP contribution in [0.15, 0.2) is 0 Å². The summed E-state index contributed by atoms with van der Waals surface area (Å²) in [6.45, 7) is 11.6. The first-order valence-corrected chi connectivity index (χ1v) is 11.5. The molecule has 4 fully saturated rings. The van der Waals surface area contributed by atoms with Crippen molar-refractivity contribution in [2.24, 2.45) is 33.5 Å². The quantitative estimate of drug-likeness (QED) is 0.664. The van der Waals surface area contributed by atoms with E-state index in [1.807, 2.05) is 6.92 Å². The minimum atomic E-state index is -0.825. The van der Waals surface area contributed by atoms with Gasteiger partial charge in [0.25, 0.3) is 0 Å². The van der Waals surface area contributed by atoms with Crippen molar-refractivity contribution >= 4 is 11.9 Å². The predicted molar refractivity (Wildman–Crippen MR) is 110 cm³/mol. The Bertz CT molecular complexity index is 748. The molecule has 4 rings (SSSR count). The van der Waals surface area contributed by atoms with Crippen LogP contribution in [-0.4, -0.2) is 46.6 Å². The van der Waals surface area contributed by atoms with Crippen LogP contribution in [0.25, 0.3) is 0 Å². The second-order valence-corrected chi connectivity index (χ2v) is 11.8. The van der Waals surface area contributed by atoms with Crippen molar-refractivity contribution in [3.63, 3.8) is 0 Å². The first kappa shape index (κ1) is 22.1. The number of fused-ring (bicyclic) bond motifs is 3. The van der Waals surface area contributed by atoms with Crippen LogP contribution in [0.2, 0.25) is 0 Å². The third-order valence-electron chi connectivity index (χ3n) is 9.84. The minimum absolute atomic E-state index is 0.00805. The smallest absolute Gasteiger partial charge is 0.303 e. The summed E-state index contributed by atoms with van der Waals surface area (Å²) in [5.74, 6) is -0.378. The van der Waals surface area contributed by atoms with Gasteiger partial charge in [0, 0.05) is 30.1 Å². The highest BCUT2D eigenvalue weighted by Crippen LogP contribution is 2.74. The third kappa shape index (κ3) is 2.75. The van der Waals surface area contributed by atoms with E-state index >= 15 is 0 Å².